The molecule has 1 unspecified atom stereocenters. The molecule has 6 nitrogen and oxygen atoms in total. The van der Waals surface area contributed by atoms with Gasteiger partial charge in [0.1, 0.15) is 6.54 Å². The SMILES string of the molecule is CC(=O)N(CC(=O)NC1CCS(=O)(=O)C1)c1cc(Cl)cc(Cl)c1. The van der Waals surface area contributed by atoms with Crippen LogP contribution in [0.2, 0.25) is 10.0 Å². The molecule has 1 aliphatic rings. The van der Waals surface area contributed by atoms with Crippen molar-refractivity contribution in [2.24, 2.45) is 0 Å². The van der Waals surface area contributed by atoms with E-state index in [0.717, 1.165) is 0 Å². The van der Waals surface area contributed by atoms with Gasteiger partial charge in [-0.05, 0) is 24.6 Å². The van der Waals surface area contributed by atoms with Crippen molar-refractivity contribution in [3.8, 4) is 0 Å². The third-order valence-electron chi connectivity index (χ3n) is 3.44. The first kappa shape index (κ1) is 18.0. The number of rotatable bonds is 4. The Balaban J connectivity index is 2.07. The highest BCUT2D eigenvalue weighted by Gasteiger charge is 2.29. The minimum Gasteiger partial charge on any atom is -0.351 e. The van der Waals surface area contributed by atoms with Crippen molar-refractivity contribution in [1.82, 2.24) is 5.32 Å². The number of halogens is 2. The minimum atomic E-state index is -3.08. The summed E-state index contributed by atoms with van der Waals surface area (Å²) in [4.78, 5) is 25.1. The average Bonchev–Trinajstić information content (AvgIpc) is 2.73. The first-order chi connectivity index (χ1) is 10.7. The van der Waals surface area contributed by atoms with Crippen molar-refractivity contribution in [1.29, 1.82) is 0 Å². The zero-order valence-electron chi connectivity index (χ0n) is 12.4. The van der Waals surface area contributed by atoms with Crippen molar-refractivity contribution in [3.05, 3.63) is 28.2 Å². The highest BCUT2D eigenvalue weighted by molar-refractivity contribution is 7.91. The van der Waals surface area contributed by atoms with Crippen LogP contribution in [0.5, 0.6) is 0 Å². The zero-order valence-corrected chi connectivity index (χ0v) is 14.7. The van der Waals surface area contributed by atoms with Crippen molar-refractivity contribution in [2.75, 3.05) is 23.0 Å². The summed E-state index contributed by atoms with van der Waals surface area (Å²) in [6.07, 6.45) is 0.386. The summed E-state index contributed by atoms with van der Waals surface area (Å²) in [5.74, 6) is -0.781. The van der Waals surface area contributed by atoms with E-state index in [2.05, 4.69) is 5.32 Å². The van der Waals surface area contributed by atoms with Crippen LogP contribution in [0.4, 0.5) is 5.69 Å². The van der Waals surface area contributed by atoms with Gasteiger partial charge in [-0.25, -0.2) is 8.42 Å². The molecule has 1 aromatic rings. The number of nitrogens with one attached hydrogen (secondary N) is 1. The molecule has 1 N–H and O–H groups in total. The largest absolute Gasteiger partial charge is 0.351 e. The predicted octanol–water partition coefficient (Wildman–Crippen LogP) is 1.65. The molecule has 0 aromatic heterocycles. The lowest BCUT2D eigenvalue weighted by atomic mass is 10.2. The van der Waals surface area contributed by atoms with Crippen LogP contribution in [0.1, 0.15) is 13.3 Å². The lowest BCUT2D eigenvalue weighted by Crippen LogP contribution is -2.44. The van der Waals surface area contributed by atoms with Crippen molar-refractivity contribution in [2.45, 2.75) is 19.4 Å². The number of hydrogen-bond acceptors (Lipinski definition) is 4. The smallest absolute Gasteiger partial charge is 0.240 e. The molecule has 126 valence electrons. The second-order valence-electron chi connectivity index (χ2n) is 5.40. The lowest BCUT2D eigenvalue weighted by molar-refractivity contribution is -0.123. The van der Waals surface area contributed by atoms with Crippen LogP contribution in [0.25, 0.3) is 0 Å². The van der Waals surface area contributed by atoms with E-state index in [4.69, 9.17) is 23.2 Å². The van der Waals surface area contributed by atoms with Crippen molar-refractivity contribution >= 4 is 50.5 Å². The molecule has 0 aliphatic carbocycles. The fraction of sp³-hybridized carbons (Fsp3) is 0.429. The number of anilines is 1. The number of sulfone groups is 1. The average molecular weight is 379 g/mol. The maximum absolute atomic E-state index is 12.1. The Bertz CT molecular complexity index is 716. The summed E-state index contributed by atoms with van der Waals surface area (Å²) >= 11 is 11.8. The number of amides is 2. The van der Waals surface area contributed by atoms with Gasteiger partial charge >= 0.3 is 0 Å². The summed E-state index contributed by atoms with van der Waals surface area (Å²) < 4.78 is 22.8. The van der Waals surface area contributed by atoms with Crippen LogP contribution in [-0.2, 0) is 19.4 Å². The Morgan fingerprint density at radius 1 is 1.26 bits per heavy atom. The predicted molar refractivity (Wildman–Crippen MR) is 89.7 cm³/mol. The molecule has 1 saturated heterocycles. The van der Waals surface area contributed by atoms with Crippen LogP contribution < -0.4 is 10.2 Å². The van der Waals surface area contributed by atoms with Crippen LogP contribution >= 0.6 is 23.2 Å². The van der Waals surface area contributed by atoms with Gasteiger partial charge < -0.3 is 10.2 Å². The van der Waals surface area contributed by atoms with E-state index < -0.39 is 21.8 Å². The van der Waals surface area contributed by atoms with Gasteiger partial charge in [-0.15, -0.1) is 0 Å². The Hall–Kier alpha value is -1.31. The van der Waals surface area contributed by atoms with Gasteiger partial charge in [0.15, 0.2) is 9.84 Å². The number of nitrogens with zero attached hydrogens (tertiary/aromatic N) is 1. The Labute approximate surface area is 144 Å². The number of carbonyl (C=O) groups excluding carboxylic acids is 2. The first-order valence-electron chi connectivity index (χ1n) is 6.90. The molecule has 2 amide bonds. The van der Waals surface area contributed by atoms with E-state index in [1.807, 2.05) is 0 Å². The van der Waals surface area contributed by atoms with Gasteiger partial charge in [0.05, 0.1) is 11.5 Å². The van der Waals surface area contributed by atoms with Gasteiger partial charge in [0.25, 0.3) is 0 Å². The summed E-state index contributed by atoms with van der Waals surface area (Å²) in [6.45, 7) is 1.09. The number of hydrogen-bond donors (Lipinski definition) is 1. The highest BCUT2D eigenvalue weighted by atomic mass is 35.5. The highest BCUT2D eigenvalue weighted by Crippen LogP contribution is 2.25. The summed E-state index contributed by atoms with van der Waals surface area (Å²) in [7, 11) is -3.08. The van der Waals surface area contributed by atoms with Crippen LogP contribution in [0.15, 0.2) is 18.2 Å². The summed E-state index contributed by atoms with van der Waals surface area (Å²) in [5, 5.41) is 3.34. The van der Waals surface area contributed by atoms with E-state index >= 15 is 0 Å². The number of carbonyl (C=O) groups is 2. The quantitative estimate of drug-likeness (QED) is 0.862. The standard InChI is InChI=1S/C14H16Cl2N2O4S/c1-9(19)18(13-5-10(15)4-11(16)6-13)7-14(20)17-12-2-3-23(21,22)8-12/h4-6,12H,2-3,7-8H2,1H3,(H,17,20). The van der Waals surface area contributed by atoms with E-state index in [9.17, 15) is 18.0 Å². The van der Waals surface area contributed by atoms with Crippen LogP contribution in [0.3, 0.4) is 0 Å². The molecule has 1 fully saturated rings. The second kappa shape index (κ2) is 7.07. The first-order valence-corrected chi connectivity index (χ1v) is 9.48. The van der Waals surface area contributed by atoms with Gasteiger partial charge in [-0.2, -0.15) is 0 Å². The molecule has 9 heteroatoms. The molecular weight excluding hydrogens is 363 g/mol. The molecule has 2 rings (SSSR count). The van der Waals surface area contributed by atoms with E-state index in [0.29, 0.717) is 22.2 Å². The molecule has 1 aromatic carbocycles. The Morgan fingerprint density at radius 2 is 1.87 bits per heavy atom. The molecule has 0 bridgehead atoms. The lowest BCUT2D eigenvalue weighted by Gasteiger charge is -2.22. The third kappa shape index (κ3) is 5.09. The van der Waals surface area contributed by atoms with E-state index in [1.165, 1.54) is 30.0 Å². The van der Waals surface area contributed by atoms with Crippen molar-refractivity contribution < 1.29 is 18.0 Å². The molecular formula is C14H16Cl2N2O4S. The molecule has 0 saturated carbocycles. The fourth-order valence-electron chi connectivity index (χ4n) is 2.41. The number of benzene rings is 1. The van der Waals surface area contributed by atoms with Gasteiger partial charge in [-0.3, -0.25) is 9.59 Å². The Morgan fingerprint density at radius 3 is 2.35 bits per heavy atom. The van der Waals surface area contributed by atoms with Crippen LogP contribution in [0, 0.1) is 0 Å². The molecule has 1 heterocycles. The molecule has 0 spiro atoms. The Kier molecular flexibility index (Phi) is 5.54. The monoisotopic (exact) mass is 378 g/mol. The topological polar surface area (TPSA) is 83.6 Å². The van der Waals surface area contributed by atoms with E-state index in [-0.39, 0.29) is 24.0 Å². The maximum atomic E-state index is 12.1. The van der Waals surface area contributed by atoms with Crippen LogP contribution in [-0.4, -0.2) is 44.3 Å². The minimum absolute atomic E-state index is 0.0677. The maximum Gasteiger partial charge on any atom is 0.240 e. The van der Waals surface area contributed by atoms with Gasteiger partial charge in [-0.1, -0.05) is 23.2 Å². The molecule has 23 heavy (non-hydrogen) atoms. The summed E-state index contributed by atoms with van der Waals surface area (Å²) in [6, 6.07) is 4.17. The molecule has 1 atom stereocenters. The summed E-state index contributed by atoms with van der Waals surface area (Å²) in [5.41, 5.74) is 0.407. The van der Waals surface area contributed by atoms with Gasteiger partial charge in [0.2, 0.25) is 11.8 Å². The van der Waals surface area contributed by atoms with Crippen molar-refractivity contribution in [3.63, 3.8) is 0 Å². The zero-order chi connectivity index (χ0) is 17.2. The fourth-order valence-corrected chi connectivity index (χ4v) is 4.59. The molecule has 1 aliphatic heterocycles. The second-order valence-corrected chi connectivity index (χ2v) is 8.50. The van der Waals surface area contributed by atoms with E-state index in [1.54, 1.807) is 0 Å². The third-order valence-corrected chi connectivity index (χ3v) is 5.64. The normalized spacial score (nSPS) is 19.3. The molecule has 0 radical (unpaired) electrons. The van der Waals surface area contributed by atoms with Gasteiger partial charge in [0, 0.05) is 28.7 Å².